The third-order valence-electron chi connectivity index (χ3n) is 5.05. The lowest BCUT2D eigenvalue weighted by Gasteiger charge is -2.27. The van der Waals surface area contributed by atoms with Gasteiger partial charge < -0.3 is 14.4 Å². The van der Waals surface area contributed by atoms with E-state index in [0.717, 1.165) is 22.5 Å². The summed E-state index contributed by atoms with van der Waals surface area (Å²) in [5.41, 5.74) is 3.84. The molecule has 2 aromatic carbocycles. The standard InChI is InChI=1S/C25H29N3O2/c1-19(2)28(23-13-9-20(10-14-23)17-24(29)26(3)4)25(30)18-21-7-11-22(12-8-21)27-15-5-6-16-27/h5-16,19H,17-18H2,1-4H3. The maximum absolute atomic E-state index is 13.1. The molecule has 0 bridgehead atoms. The lowest BCUT2D eigenvalue weighted by Crippen LogP contribution is -2.38. The van der Waals surface area contributed by atoms with Gasteiger partial charge in [0.05, 0.1) is 12.8 Å². The number of aromatic nitrogens is 1. The molecule has 5 heteroatoms. The van der Waals surface area contributed by atoms with E-state index in [1.54, 1.807) is 19.0 Å². The van der Waals surface area contributed by atoms with Crippen molar-refractivity contribution in [3.05, 3.63) is 84.2 Å². The zero-order valence-electron chi connectivity index (χ0n) is 18.1. The second-order valence-electron chi connectivity index (χ2n) is 7.92. The van der Waals surface area contributed by atoms with Crippen molar-refractivity contribution in [1.82, 2.24) is 9.47 Å². The highest BCUT2D eigenvalue weighted by Crippen LogP contribution is 2.21. The zero-order chi connectivity index (χ0) is 21.7. The van der Waals surface area contributed by atoms with Gasteiger partial charge in [-0.25, -0.2) is 0 Å². The highest BCUT2D eigenvalue weighted by atomic mass is 16.2. The van der Waals surface area contributed by atoms with Crippen LogP contribution in [0.15, 0.2) is 73.1 Å². The summed E-state index contributed by atoms with van der Waals surface area (Å²) in [6.07, 6.45) is 4.69. The van der Waals surface area contributed by atoms with Gasteiger partial charge in [0.25, 0.3) is 0 Å². The van der Waals surface area contributed by atoms with Gasteiger partial charge in [0.2, 0.25) is 11.8 Å². The molecule has 0 saturated carbocycles. The molecular weight excluding hydrogens is 374 g/mol. The average molecular weight is 404 g/mol. The number of rotatable bonds is 7. The number of carbonyl (C=O) groups excluding carboxylic acids is 2. The Morgan fingerprint density at radius 3 is 1.80 bits per heavy atom. The molecule has 3 rings (SSSR count). The van der Waals surface area contributed by atoms with E-state index in [1.165, 1.54) is 0 Å². The van der Waals surface area contributed by atoms with Crippen LogP contribution in [0.2, 0.25) is 0 Å². The van der Waals surface area contributed by atoms with Crippen LogP contribution in [-0.2, 0) is 22.4 Å². The van der Waals surface area contributed by atoms with Crippen molar-refractivity contribution in [2.45, 2.75) is 32.7 Å². The molecule has 1 heterocycles. The Kier molecular flexibility index (Phi) is 6.72. The molecule has 0 aliphatic rings. The van der Waals surface area contributed by atoms with Gasteiger partial charge in [0.1, 0.15) is 0 Å². The molecule has 5 nitrogen and oxygen atoms in total. The van der Waals surface area contributed by atoms with Gasteiger partial charge in [-0.2, -0.15) is 0 Å². The van der Waals surface area contributed by atoms with Crippen molar-refractivity contribution in [2.24, 2.45) is 0 Å². The molecule has 30 heavy (non-hydrogen) atoms. The summed E-state index contributed by atoms with van der Waals surface area (Å²) in [5.74, 6) is 0.110. The fraction of sp³-hybridized carbons (Fsp3) is 0.280. The van der Waals surface area contributed by atoms with Crippen molar-refractivity contribution in [1.29, 1.82) is 0 Å². The van der Waals surface area contributed by atoms with Crippen LogP contribution in [0.4, 0.5) is 5.69 Å². The minimum atomic E-state index is 0.0332. The van der Waals surface area contributed by atoms with Crippen molar-refractivity contribution in [3.8, 4) is 5.69 Å². The van der Waals surface area contributed by atoms with Crippen LogP contribution in [0, 0.1) is 0 Å². The third kappa shape index (κ3) is 5.17. The highest BCUT2D eigenvalue weighted by Gasteiger charge is 2.19. The molecular formula is C25H29N3O2. The van der Waals surface area contributed by atoms with Gasteiger partial charge in [-0.3, -0.25) is 9.59 Å². The summed E-state index contributed by atoms with van der Waals surface area (Å²) in [6, 6.07) is 19.7. The molecule has 0 spiro atoms. The summed E-state index contributed by atoms with van der Waals surface area (Å²) in [4.78, 5) is 28.4. The van der Waals surface area contributed by atoms with Crippen molar-refractivity contribution < 1.29 is 9.59 Å². The van der Waals surface area contributed by atoms with Crippen LogP contribution in [0.3, 0.4) is 0 Å². The van der Waals surface area contributed by atoms with E-state index in [-0.39, 0.29) is 17.9 Å². The van der Waals surface area contributed by atoms with E-state index in [0.29, 0.717) is 12.8 Å². The first-order valence-corrected chi connectivity index (χ1v) is 10.2. The fourth-order valence-corrected chi connectivity index (χ4v) is 3.39. The Morgan fingerprint density at radius 2 is 1.30 bits per heavy atom. The molecule has 0 N–H and O–H groups in total. The number of carbonyl (C=O) groups is 2. The van der Waals surface area contributed by atoms with E-state index in [1.807, 2.05) is 96.4 Å². The molecule has 0 unspecified atom stereocenters. The number of benzene rings is 2. The minimum Gasteiger partial charge on any atom is -0.349 e. The Labute approximate surface area is 178 Å². The van der Waals surface area contributed by atoms with Gasteiger partial charge in [-0.05, 0) is 61.4 Å². The fourth-order valence-electron chi connectivity index (χ4n) is 3.39. The normalized spacial score (nSPS) is 10.8. The second kappa shape index (κ2) is 9.44. The van der Waals surface area contributed by atoms with Gasteiger partial charge in [-0.1, -0.05) is 24.3 Å². The Bertz CT molecular complexity index is 972. The second-order valence-corrected chi connectivity index (χ2v) is 7.92. The first-order valence-electron chi connectivity index (χ1n) is 10.2. The summed E-state index contributed by atoms with van der Waals surface area (Å²) < 4.78 is 2.04. The van der Waals surface area contributed by atoms with Crippen LogP contribution in [0.25, 0.3) is 5.69 Å². The zero-order valence-corrected chi connectivity index (χ0v) is 18.1. The maximum atomic E-state index is 13.1. The van der Waals surface area contributed by atoms with Gasteiger partial charge >= 0.3 is 0 Å². The minimum absolute atomic E-state index is 0.0332. The van der Waals surface area contributed by atoms with E-state index >= 15 is 0 Å². The quantitative estimate of drug-likeness (QED) is 0.596. The number of amides is 2. The molecule has 0 atom stereocenters. The number of hydrogen-bond donors (Lipinski definition) is 0. The SMILES string of the molecule is CC(C)N(C(=O)Cc1ccc(-n2cccc2)cc1)c1ccc(CC(=O)N(C)C)cc1. The number of anilines is 1. The largest absolute Gasteiger partial charge is 0.349 e. The monoisotopic (exact) mass is 403 g/mol. The summed E-state index contributed by atoms with van der Waals surface area (Å²) >= 11 is 0. The van der Waals surface area contributed by atoms with E-state index < -0.39 is 0 Å². The molecule has 0 aliphatic heterocycles. The average Bonchev–Trinajstić information content (AvgIpc) is 3.24. The van der Waals surface area contributed by atoms with Gasteiger partial charge in [0.15, 0.2) is 0 Å². The topological polar surface area (TPSA) is 45.6 Å². The van der Waals surface area contributed by atoms with Gasteiger partial charge in [-0.15, -0.1) is 0 Å². The molecule has 3 aromatic rings. The lowest BCUT2D eigenvalue weighted by atomic mass is 10.1. The van der Waals surface area contributed by atoms with E-state index in [9.17, 15) is 9.59 Å². The Morgan fingerprint density at radius 1 is 0.800 bits per heavy atom. The van der Waals surface area contributed by atoms with Crippen LogP contribution in [-0.4, -0.2) is 41.4 Å². The predicted molar refractivity (Wildman–Crippen MR) is 121 cm³/mol. The van der Waals surface area contributed by atoms with Gasteiger partial charge in [0, 0.05) is 43.9 Å². The summed E-state index contributed by atoms with van der Waals surface area (Å²) in [5, 5.41) is 0. The van der Waals surface area contributed by atoms with Crippen molar-refractivity contribution in [3.63, 3.8) is 0 Å². The Hall–Kier alpha value is -3.34. The molecule has 1 aromatic heterocycles. The molecule has 0 fully saturated rings. The van der Waals surface area contributed by atoms with Crippen LogP contribution in [0.1, 0.15) is 25.0 Å². The number of nitrogens with zero attached hydrogens (tertiary/aromatic N) is 3. The summed E-state index contributed by atoms with van der Waals surface area (Å²) in [6.45, 7) is 4.02. The molecule has 0 aliphatic carbocycles. The molecule has 0 saturated heterocycles. The first-order chi connectivity index (χ1) is 14.3. The lowest BCUT2D eigenvalue weighted by molar-refractivity contribution is -0.128. The Balaban J connectivity index is 1.71. The van der Waals surface area contributed by atoms with Crippen molar-refractivity contribution in [2.75, 3.05) is 19.0 Å². The first kappa shape index (κ1) is 21.4. The van der Waals surface area contributed by atoms with E-state index in [2.05, 4.69) is 0 Å². The number of likely N-dealkylation sites (N-methyl/N-ethyl adjacent to an activating group) is 1. The maximum Gasteiger partial charge on any atom is 0.231 e. The van der Waals surface area contributed by atoms with Crippen LogP contribution >= 0.6 is 0 Å². The molecule has 156 valence electrons. The smallest absolute Gasteiger partial charge is 0.231 e. The highest BCUT2D eigenvalue weighted by molar-refractivity contribution is 5.95. The number of hydrogen-bond acceptors (Lipinski definition) is 2. The van der Waals surface area contributed by atoms with Crippen molar-refractivity contribution >= 4 is 17.5 Å². The van der Waals surface area contributed by atoms with Crippen LogP contribution in [0.5, 0.6) is 0 Å². The van der Waals surface area contributed by atoms with E-state index in [4.69, 9.17) is 0 Å². The predicted octanol–water partition coefficient (Wildman–Crippen LogP) is 4.09. The molecule has 2 amide bonds. The molecule has 0 radical (unpaired) electrons. The summed E-state index contributed by atoms with van der Waals surface area (Å²) in [7, 11) is 3.50. The third-order valence-corrected chi connectivity index (χ3v) is 5.05. The van der Waals surface area contributed by atoms with Crippen LogP contribution < -0.4 is 4.90 Å².